The van der Waals surface area contributed by atoms with Crippen molar-refractivity contribution in [3.05, 3.63) is 53.0 Å². The quantitative estimate of drug-likeness (QED) is 0.827. The van der Waals surface area contributed by atoms with Crippen LogP contribution in [-0.4, -0.2) is 6.04 Å². The maximum atomic E-state index is 5.95. The molecule has 0 amide bonds. The van der Waals surface area contributed by atoms with Crippen LogP contribution in [0.25, 0.3) is 0 Å². The van der Waals surface area contributed by atoms with Gasteiger partial charge in [0, 0.05) is 11.6 Å². The lowest BCUT2D eigenvalue weighted by Crippen LogP contribution is -2.21. The van der Waals surface area contributed by atoms with Crippen LogP contribution in [0.3, 0.4) is 0 Å². The summed E-state index contributed by atoms with van der Waals surface area (Å²) in [5.74, 6) is 2.86. The van der Waals surface area contributed by atoms with Crippen LogP contribution in [0.4, 0.5) is 0 Å². The van der Waals surface area contributed by atoms with E-state index in [0.717, 1.165) is 35.8 Å². The maximum absolute atomic E-state index is 5.95. The highest BCUT2D eigenvalue weighted by atomic mass is 16.5. The zero-order valence-corrected chi connectivity index (χ0v) is 13.4. The van der Waals surface area contributed by atoms with E-state index in [1.807, 2.05) is 25.1 Å². The van der Waals surface area contributed by atoms with E-state index in [1.54, 1.807) is 0 Å². The Morgan fingerprint density at radius 2 is 1.95 bits per heavy atom. The van der Waals surface area contributed by atoms with E-state index in [4.69, 9.17) is 9.15 Å². The van der Waals surface area contributed by atoms with Crippen molar-refractivity contribution >= 4 is 0 Å². The van der Waals surface area contributed by atoms with E-state index < -0.39 is 0 Å². The monoisotopic (exact) mass is 287 g/mol. The van der Waals surface area contributed by atoms with Gasteiger partial charge in [0.15, 0.2) is 0 Å². The van der Waals surface area contributed by atoms with Crippen LogP contribution in [0.15, 0.2) is 34.7 Å². The van der Waals surface area contributed by atoms with E-state index >= 15 is 0 Å². The molecule has 1 N–H and O–H groups in total. The molecule has 3 nitrogen and oxygen atoms in total. The molecule has 0 saturated carbocycles. The summed E-state index contributed by atoms with van der Waals surface area (Å²) in [4.78, 5) is 0. The second kappa shape index (κ2) is 7.32. The Bertz CT molecular complexity index is 572. The molecule has 0 unspecified atom stereocenters. The molecule has 0 bridgehead atoms. The van der Waals surface area contributed by atoms with Gasteiger partial charge in [0.05, 0.1) is 6.54 Å². The standard InChI is InChI=1S/C18H25NO2/c1-5-15-8-6-7-9-18(15)20-12-16-10-17(21-14(16)4)11-19-13(2)3/h6-10,13,19H,5,11-12H2,1-4H3. The van der Waals surface area contributed by atoms with E-state index in [2.05, 4.69) is 38.2 Å². The van der Waals surface area contributed by atoms with Crippen molar-refractivity contribution < 1.29 is 9.15 Å². The number of para-hydroxylation sites is 1. The molecule has 21 heavy (non-hydrogen) atoms. The summed E-state index contributed by atoms with van der Waals surface area (Å²) in [6.45, 7) is 9.69. The van der Waals surface area contributed by atoms with Gasteiger partial charge in [-0.05, 0) is 31.0 Å². The zero-order chi connectivity index (χ0) is 15.2. The van der Waals surface area contributed by atoms with Gasteiger partial charge >= 0.3 is 0 Å². The highest BCUT2D eigenvalue weighted by Gasteiger charge is 2.09. The van der Waals surface area contributed by atoms with Crippen LogP contribution in [0, 0.1) is 6.92 Å². The van der Waals surface area contributed by atoms with Gasteiger partial charge < -0.3 is 14.5 Å². The van der Waals surface area contributed by atoms with Crippen LogP contribution in [0.5, 0.6) is 5.75 Å². The van der Waals surface area contributed by atoms with Gasteiger partial charge in [0.2, 0.25) is 0 Å². The minimum absolute atomic E-state index is 0.450. The second-order valence-corrected chi connectivity index (χ2v) is 5.58. The Hall–Kier alpha value is -1.74. The molecule has 3 heteroatoms. The third kappa shape index (κ3) is 4.36. The van der Waals surface area contributed by atoms with Crippen molar-refractivity contribution in [2.45, 2.75) is 53.3 Å². The molecule has 114 valence electrons. The van der Waals surface area contributed by atoms with Gasteiger partial charge in [-0.25, -0.2) is 0 Å². The van der Waals surface area contributed by atoms with Gasteiger partial charge in [-0.2, -0.15) is 0 Å². The van der Waals surface area contributed by atoms with Crippen molar-refractivity contribution in [2.75, 3.05) is 0 Å². The summed E-state index contributed by atoms with van der Waals surface area (Å²) < 4.78 is 11.7. The predicted octanol–water partition coefficient (Wildman–Crippen LogP) is 4.23. The maximum Gasteiger partial charge on any atom is 0.122 e. The first-order valence-electron chi connectivity index (χ1n) is 7.62. The van der Waals surface area contributed by atoms with Crippen molar-refractivity contribution in [3.8, 4) is 5.75 Å². The molecule has 0 radical (unpaired) electrons. The van der Waals surface area contributed by atoms with Gasteiger partial charge in [-0.1, -0.05) is 39.0 Å². The molecule has 0 atom stereocenters. The predicted molar refractivity (Wildman–Crippen MR) is 85.6 cm³/mol. The molecule has 1 aromatic carbocycles. The average molecular weight is 287 g/mol. The van der Waals surface area contributed by atoms with Crippen molar-refractivity contribution in [3.63, 3.8) is 0 Å². The largest absolute Gasteiger partial charge is 0.488 e. The topological polar surface area (TPSA) is 34.4 Å². The summed E-state index contributed by atoms with van der Waals surface area (Å²) in [5, 5.41) is 3.36. The van der Waals surface area contributed by atoms with Crippen molar-refractivity contribution in [2.24, 2.45) is 0 Å². The van der Waals surface area contributed by atoms with E-state index in [0.29, 0.717) is 12.6 Å². The summed E-state index contributed by atoms with van der Waals surface area (Å²) >= 11 is 0. The molecule has 2 aromatic rings. The fourth-order valence-corrected chi connectivity index (χ4v) is 2.21. The van der Waals surface area contributed by atoms with Gasteiger partial charge in [0.25, 0.3) is 0 Å². The van der Waals surface area contributed by atoms with Gasteiger partial charge in [-0.15, -0.1) is 0 Å². The lowest BCUT2D eigenvalue weighted by Gasteiger charge is -2.09. The molecule has 0 saturated heterocycles. The number of rotatable bonds is 7. The summed E-state index contributed by atoms with van der Waals surface area (Å²) in [6.07, 6.45) is 0.976. The van der Waals surface area contributed by atoms with Crippen LogP contribution in [0.1, 0.15) is 43.4 Å². The van der Waals surface area contributed by atoms with Crippen LogP contribution in [-0.2, 0) is 19.6 Å². The number of aryl methyl sites for hydroxylation is 2. The first kappa shape index (κ1) is 15.6. The van der Waals surface area contributed by atoms with E-state index in [9.17, 15) is 0 Å². The third-order valence-corrected chi connectivity index (χ3v) is 3.49. The highest BCUT2D eigenvalue weighted by molar-refractivity contribution is 5.33. The van der Waals surface area contributed by atoms with E-state index in [1.165, 1.54) is 5.56 Å². The highest BCUT2D eigenvalue weighted by Crippen LogP contribution is 2.22. The fraction of sp³-hybridized carbons (Fsp3) is 0.444. The Labute approximate surface area is 127 Å². The fourth-order valence-electron chi connectivity index (χ4n) is 2.21. The number of hydrogen-bond donors (Lipinski definition) is 1. The van der Waals surface area contributed by atoms with Crippen molar-refractivity contribution in [1.29, 1.82) is 0 Å². The molecule has 0 aliphatic carbocycles. The summed E-state index contributed by atoms with van der Waals surface area (Å²) in [5.41, 5.74) is 2.35. The lowest BCUT2D eigenvalue weighted by atomic mass is 10.1. The molecule has 2 rings (SSSR count). The van der Waals surface area contributed by atoms with Crippen LogP contribution < -0.4 is 10.1 Å². The first-order valence-corrected chi connectivity index (χ1v) is 7.62. The number of hydrogen-bond acceptors (Lipinski definition) is 3. The summed E-state index contributed by atoms with van der Waals surface area (Å²) in [7, 11) is 0. The smallest absolute Gasteiger partial charge is 0.122 e. The molecular weight excluding hydrogens is 262 g/mol. The Morgan fingerprint density at radius 1 is 1.19 bits per heavy atom. The van der Waals surface area contributed by atoms with Gasteiger partial charge in [0.1, 0.15) is 23.9 Å². The zero-order valence-electron chi connectivity index (χ0n) is 13.4. The average Bonchev–Trinajstić information content (AvgIpc) is 2.83. The molecule has 0 fully saturated rings. The van der Waals surface area contributed by atoms with Crippen molar-refractivity contribution in [1.82, 2.24) is 5.32 Å². The molecule has 1 heterocycles. The molecule has 1 aromatic heterocycles. The molecular formula is C18H25NO2. The van der Waals surface area contributed by atoms with E-state index in [-0.39, 0.29) is 0 Å². The summed E-state index contributed by atoms with van der Waals surface area (Å²) in [6, 6.07) is 10.7. The Morgan fingerprint density at radius 3 is 2.67 bits per heavy atom. The number of benzene rings is 1. The van der Waals surface area contributed by atoms with Crippen LogP contribution in [0.2, 0.25) is 0 Å². The first-order chi connectivity index (χ1) is 10.1. The molecule has 0 spiro atoms. The molecule has 0 aliphatic rings. The Kier molecular flexibility index (Phi) is 5.45. The normalized spacial score (nSPS) is 11.1. The van der Waals surface area contributed by atoms with Gasteiger partial charge in [-0.3, -0.25) is 0 Å². The lowest BCUT2D eigenvalue weighted by molar-refractivity contribution is 0.300. The second-order valence-electron chi connectivity index (χ2n) is 5.58. The number of nitrogens with one attached hydrogen (secondary N) is 1. The third-order valence-electron chi connectivity index (χ3n) is 3.49. The SMILES string of the molecule is CCc1ccccc1OCc1cc(CNC(C)C)oc1C. The minimum atomic E-state index is 0.450. The molecule has 0 aliphatic heterocycles. The van der Waals surface area contributed by atoms with Crippen LogP contribution >= 0.6 is 0 Å². The number of ether oxygens (including phenoxy) is 1. The minimum Gasteiger partial charge on any atom is -0.488 e. The number of furan rings is 1. The Balaban J connectivity index is 2.00.